The summed E-state index contributed by atoms with van der Waals surface area (Å²) in [7, 11) is 0. The predicted octanol–water partition coefficient (Wildman–Crippen LogP) is 3.96. The number of aromatic nitrogens is 1. The number of benzene rings is 1. The average Bonchev–Trinajstić information content (AvgIpc) is 2.73. The molecular formula is C13H15ClN2S. The van der Waals surface area contributed by atoms with Gasteiger partial charge < -0.3 is 5.32 Å². The zero-order valence-corrected chi connectivity index (χ0v) is 11.5. The molecule has 1 N–H and O–H groups in total. The minimum atomic E-state index is 0.271. The Morgan fingerprint density at radius 2 is 2.29 bits per heavy atom. The fourth-order valence-corrected chi connectivity index (χ4v) is 2.59. The summed E-state index contributed by atoms with van der Waals surface area (Å²) in [5.74, 6) is 0. The number of aryl methyl sites for hydroxylation is 1. The molecule has 0 radical (unpaired) electrons. The molecule has 17 heavy (non-hydrogen) atoms. The van der Waals surface area contributed by atoms with E-state index in [4.69, 9.17) is 11.6 Å². The van der Waals surface area contributed by atoms with E-state index in [1.165, 1.54) is 10.4 Å². The molecular weight excluding hydrogens is 252 g/mol. The van der Waals surface area contributed by atoms with Gasteiger partial charge in [-0.15, -0.1) is 11.3 Å². The molecule has 0 spiro atoms. The smallest absolute Gasteiger partial charge is 0.109 e. The lowest BCUT2D eigenvalue weighted by Gasteiger charge is -2.11. The maximum atomic E-state index is 5.94. The van der Waals surface area contributed by atoms with Crippen molar-refractivity contribution in [3.8, 4) is 0 Å². The van der Waals surface area contributed by atoms with Gasteiger partial charge in [0.25, 0.3) is 0 Å². The highest BCUT2D eigenvalue weighted by atomic mass is 35.5. The molecule has 2 rings (SSSR count). The highest BCUT2D eigenvalue weighted by molar-refractivity contribution is 7.11. The van der Waals surface area contributed by atoms with Gasteiger partial charge in [0.1, 0.15) is 5.01 Å². The molecule has 2 aromatic rings. The van der Waals surface area contributed by atoms with Crippen LogP contribution in [-0.2, 0) is 6.54 Å². The zero-order chi connectivity index (χ0) is 12.3. The summed E-state index contributed by atoms with van der Waals surface area (Å²) in [5, 5.41) is 5.35. The number of hydrogen-bond acceptors (Lipinski definition) is 3. The third-order valence-electron chi connectivity index (χ3n) is 2.51. The van der Waals surface area contributed by atoms with Crippen LogP contribution in [0.3, 0.4) is 0 Å². The molecule has 1 unspecified atom stereocenters. The largest absolute Gasteiger partial charge is 0.304 e. The van der Waals surface area contributed by atoms with Gasteiger partial charge in [-0.2, -0.15) is 0 Å². The first-order valence-corrected chi connectivity index (χ1v) is 6.75. The summed E-state index contributed by atoms with van der Waals surface area (Å²) in [6.07, 6.45) is 1.91. The normalized spacial score (nSPS) is 12.6. The molecule has 1 aromatic heterocycles. The van der Waals surface area contributed by atoms with Crippen molar-refractivity contribution in [1.82, 2.24) is 10.3 Å². The molecule has 2 nitrogen and oxygen atoms in total. The maximum absolute atomic E-state index is 5.94. The summed E-state index contributed by atoms with van der Waals surface area (Å²) in [6, 6.07) is 8.18. The number of halogens is 1. The molecule has 1 atom stereocenters. The molecule has 0 fully saturated rings. The molecule has 1 aromatic carbocycles. The maximum Gasteiger partial charge on any atom is 0.109 e. The molecule has 4 heteroatoms. The van der Waals surface area contributed by atoms with E-state index in [2.05, 4.69) is 30.2 Å². The Morgan fingerprint density at radius 1 is 1.47 bits per heavy atom. The first-order chi connectivity index (χ1) is 8.15. The van der Waals surface area contributed by atoms with Crippen molar-refractivity contribution >= 4 is 22.9 Å². The van der Waals surface area contributed by atoms with Crippen molar-refractivity contribution in [3.63, 3.8) is 0 Å². The van der Waals surface area contributed by atoms with Gasteiger partial charge in [0.15, 0.2) is 0 Å². The molecule has 0 aliphatic carbocycles. The Morgan fingerprint density at radius 3 is 2.94 bits per heavy atom. The van der Waals surface area contributed by atoms with E-state index >= 15 is 0 Å². The molecule has 0 aliphatic rings. The molecule has 90 valence electrons. The summed E-state index contributed by atoms with van der Waals surface area (Å²) < 4.78 is 0. The first-order valence-electron chi connectivity index (χ1n) is 5.55. The second-order valence-corrected chi connectivity index (χ2v) is 5.74. The van der Waals surface area contributed by atoms with Crippen molar-refractivity contribution in [3.05, 3.63) is 50.9 Å². The summed E-state index contributed by atoms with van der Waals surface area (Å²) in [4.78, 5) is 5.62. The number of thiazole rings is 1. The minimum Gasteiger partial charge on any atom is -0.304 e. The Bertz CT molecular complexity index is 496. The lowest BCUT2D eigenvalue weighted by Crippen LogP contribution is -2.17. The van der Waals surface area contributed by atoms with Crippen LogP contribution in [0.25, 0.3) is 0 Å². The van der Waals surface area contributed by atoms with Crippen LogP contribution in [0.1, 0.15) is 28.4 Å². The Balaban J connectivity index is 1.94. The molecule has 0 saturated carbocycles. The van der Waals surface area contributed by atoms with Crippen molar-refractivity contribution in [1.29, 1.82) is 0 Å². The predicted molar refractivity (Wildman–Crippen MR) is 73.6 cm³/mol. The van der Waals surface area contributed by atoms with E-state index in [-0.39, 0.29) is 6.04 Å². The molecule has 0 aliphatic heterocycles. The monoisotopic (exact) mass is 266 g/mol. The molecule has 1 heterocycles. The molecule has 0 amide bonds. The van der Waals surface area contributed by atoms with Gasteiger partial charge in [-0.05, 0) is 31.5 Å². The van der Waals surface area contributed by atoms with E-state index in [0.717, 1.165) is 16.6 Å². The summed E-state index contributed by atoms with van der Waals surface area (Å²) in [5.41, 5.74) is 1.19. The van der Waals surface area contributed by atoms with Gasteiger partial charge in [-0.3, -0.25) is 0 Å². The lowest BCUT2D eigenvalue weighted by molar-refractivity contribution is 0.572. The quantitative estimate of drug-likeness (QED) is 0.906. The Hall–Kier alpha value is -0.900. The van der Waals surface area contributed by atoms with Crippen molar-refractivity contribution in [2.24, 2.45) is 0 Å². The second-order valence-electron chi connectivity index (χ2n) is 4.04. The van der Waals surface area contributed by atoms with Gasteiger partial charge in [-0.25, -0.2) is 4.98 Å². The minimum absolute atomic E-state index is 0.271. The van der Waals surface area contributed by atoms with Crippen molar-refractivity contribution in [2.45, 2.75) is 26.4 Å². The van der Waals surface area contributed by atoms with Gasteiger partial charge in [0, 0.05) is 22.6 Å². The van der Waals surface area contributed by atoms with Gasteiger partial charge >= 0.3 is 0 Å². The zero-order valence-electron chi connectivity index (χ0n) is 9.90. The SMILES string of the molecule is Cc1cnc(C(C)NCc2cccc(Cl)c2)s1. The number of rotatable bonds is 4. The van der Waals surface area contributed by atoms with Gasteiger partial charge in [-0.1, -0.05) is 23.7 Å². The topological polar surface area (TPSA) is 24.9 Å². The van der Waals surface area contributed by atoms with E-state index in [0.29, 0.717) is 0 Å². The van der Waals surface area contributed by atoms with Crippen LogP contribution in [0.5, 0.6) is 0 Å². The van der Waals surface area contributed by atoms with Gasteiger partial charge in [0.2, 0.25) is 0 Å². The number of hydrogen-bond donors (Lipinski definition) is 1. The van der Waals surface area contributed by atoms with E-state index in [9.17, 15) is 0 Å². The number of nitrogens with one attached hydrogen (secondary N) is 1. The van der Waals surface area contributed by atoms with Crippen LogP contribution in [-0.4, -0.2) is 4.98 Å². The second kappa shape index (κ2) is 5.63. The Labute approximate surface area is 111 Å². The van der Waals surface area contributed by atoms with Crippen LogP contribution in [0.2, 0.25) is 5.02 Å². The number of nitrogens with zero attached hydrogens (tertiary/aromatic N) is 1. The third-order valence-corrected chi connectivity index (χ3v) is 3.84. The van der Waals surface area contributed by atoms with Crippen LogP contribution < -0.4 is 5.32 Å². The van der Waals surface area contributed by atoms with Crippen LogP contribution in [0, 0.1) is 6.92 Å². The first kappa shape index (κ1) is 12.6. The van der Waals surface area contributed by atoms with E-state index < -0.39 is 0 Å². The third kappa shape index (κ3) is 3.53. The van der Waals surface area contributed by atoms with Gasteiger partial charge in [0.05, 0.1) is 6.04 Å². The van der Waals surface area contributed by atoms with Crippen molar-refractivity contribution < 1.29 is 0 Å². The van der Waals surface area contributed by atoms with Crippen LogP contribution >= 0.6 is 22.9 Å². The lowest BCUT2D eigenvalue weighted by atomic mass is 10.2. The highest BCUT2D eigenvalue weighted by Gasteiger charge is 2.08. The van der Waals surface area contributed by atoms with Crippen molar-refractivity contribution in [2.75, 3.05) is 0 Å². The van der Waals surface area contributed by atoms with Crippen LogP contribution in [0.4, 0.5) is 0 Å². The van der Waals surface area contributed by atoms with E-state index in [1.54, 1.807) is 11.3 Å². The highest BCUT2D eigenvalue weighted by Crippen LogP contribution is 2.19. The van der Waals surface area contributed by atoms with E-state index in [1.807, 2.05) is 24.4 Å². The standard InChI is InChI=1S/C13H15ClN2S/c1-9-7-16-13(17-9)10(2)15-8-11-4-3-5-12(14)6-11/h3-7,10,15H,8H2,1-2H3. The summed E-state index contributed by atoms with van der Waals surface area (Å²) in [6.45, 7) is 5.01. The fourth-order valence-electron chi connectivity index (χ4n) is 1.58. The van der Waals surface area contributed by atoms with Crippen LogP contribution in [0.15, 0.2) is 30.5 Å². The fraction of sp³-hybridized carbons (Fsp3) is 0.308. The molecule has 0 saturated heterocycles. The molecule has 0 bridgehead atoms. The Kier molecular flexibility index (Phi) is 4.15. The summed E-state index contributed by atoms with van der Waals surface area (Å²) >= 11 is 7.68. The average molecular weight is 267 g/mol.